The van der Waals surface area contributed by atoms with Crippen LogP contribution in [0.15, 0.2) is 182 Å². The SMILES string of the molecule is CC1(C)c2cc(-c3ccc(-c4cc5c6ccccc6c6ccccc6c5c5ccccc45)cc3)ccc2-c2ccc(-c3ccc4ccccc4c3)cc21. The average molecular weight is 673 g/mol. The molecule has 0 saturated heterocycles. The lowest BCUT2D eigenvalue weighted by atomic mass is 9.80. The van der Waals surface area contributed by atoms with Gasteiger partial charge in [0.1, 0.15) is 0 Å². The summed E-state index contributed by atoms with van der Waals surface area (Å²) in [6.45, 7) is 4.76. The Kier molecular flexibility index (Phi) is 6.40. The summed E-state index contributed by atoms with van der Waals surface area (Å²) >= 11 is 0. The van der Waals surface area contributed by atoms with Gasteiger partial charge in [0, 0.05) is 5.41 Å². The van der Waals surface area contributed by atoms with E-state index in [9.17, 15) is 0 Å². The molecule has 0 nitrogen and oxygen atoms in total. The molecule has 0 spiro atoms. The van der Waals surface area contributed by atoms with Crippen LogP contribution in [0, 0.1) is 0 Å². The molecule has 0 amide bonds. The van der Waals surface area contributed by atoms with E-state index in [4.69, 9.17) is 0 Å². The highest BCUT2D eigenvalue weighted by molar-refractivity contribution is 6.33. The number of benzene rings is 10. The fourth-order valence-electron chi connectivity index (χ4n) is 9.31. The maximum absolute atomic E-state index is 2.43. The highest BCUT2D eigenvalue weighted by Gasteiger charge is 2.36. The van der Waals surface area contributed by atoms with Crippen molar-refractivity contribution in [3.05, 3.63) is 193 Å². The van der Waals surface area contributed by atoms with E-state index in [-0.39, 0.29) is 5.41 Å². The summed E-state index contributed by atoms with van der Waals surface area (Å²) in [7, 11) is 0. The van der Waals surface area contributed by atoms with Crippen LogP contribution in [0.2, 0.25) is 0 Å². The van der Waals surface area contributed by atoms with Gasteiger partial charge < -0.3 is 0 Å². The molecule has 0 aliphatic heterocycles. The van der Waals surface area contributed by atoms with E-state index >= 15 is 0 Å². The molecule has 0 heterocycles. The van der Waals surface area contributed by atoms with E-state index in [0.29, 0.717) is 0 Å². The first-order valence-corrected chi connectivity index (χ1v) is 18.7. The van der Waals surface area contributed by atoms with Crippen molar-refractivity contribution in [1.82, 2.24) is 0 Å². The number of hydrogen-bond acceptors (Lipinski definition) is 0. The largest absolute Gasteiger partial charge is 0.0616 e. The van der Waals surface area contributed by atoms with E-state index in [0.717, 1.165) is 0 Å². The van der Waals surface area contributed by atoms with Crippen LogP contribution in [0.1, 0.15) is 25.0 Å². The second kappa shape index (κ2) is 11.2. The third-order valence-electron chi connectivity index (χ3n) is 12.0. The van der Waals surface area contributed by atoms with Crippen LogP contribution in [0.25, 0.3) is 98.4 Å². The number of hydrogen-bond donors (Lipinski definition) is 0. The van der Waals surface area contributed by atoms with Crippen LogP contribution in [-0.2, 0) is 5.41 Å². The summed E-state index contributed by atoms with van der Waals surface area (Å²) in [5.74, 6) is 0. The van der Waals surface area contributed by atoms with Crippen molar-refractivity contribution >= 4 is 53.9 Å². The molecule has 0 heteroatoms. The Hall–Kier alpha value is -6.50. The summed E-state index contributed by atoms with van der Waals surface area (Å²) in [5, 5.41) is 13.0. The second-order valence-electron chi connectivity index (χ2n) is 15.3. The maximum Gasteiger partial charge on any atom is 0.0159 e. The van der Waals surface area contributed by atoms with E-state index in [2.05, 4.69) is 196 Å². The zero-order valence-corrected chi connectivity index (χ0v) is 29.8. The van der Waals surface area contributed by atoms with Gasteiger partial charge in [0.2, 0.25) is 0 Å². The molecule has 0 N–H and O–H groups in total. The van der Waals surface area contributed by atoms with Gasteiger partial charge in [-0.05, 0) is 134 Å². The second-order valence-corrected chi connectivity index (χ2v) is 15.3. The molecule has 0 atom stereocenters. The van der Waals surface area contributed by atoms with Crippen molar-refractivity contribution in [3.8, 4) is 44.5 Å². The van der Waals surface area contributed by atoms with Crippen molar-refractivity contribution in [2.45, 2.75) is 19.3 Å². The van der Waals surface area contributed by atoms with Gasteiger partial charge in [0.25, 0.3) is 0 Å². The predicted molar refractivity (Wildman–Crippen MR) is 228 cm³/mol. The maximum atomic E-state index is 2.43. The summed E-state index contributed by atoms with van der Waals surface area (Å²) in [6, 6.07) is 67.9. The van der Waals surface area contributed by atoms with Gasteiger partial charge in [-0.15, -0.1) is 0 Å². The molecule has 0 saturated carbocycles. The summed E-state index contributed by atoms with van der Waals surface area (Å²) in [5.41, 5.74) is 12.9. The molecule has 10 aromatic carbocycles. The van der Waals surface area contributed by atoms with E-state index in [1.807, 2.05) is 0 Å². The van der Waals surface area contributed by atoms with Gasteiger partial charge in [-0.3, -0.25) is 0 Å². The molecule has 0 bridgehead atoms. The van der Waals surface area contributed by atoms with Crippen molar-refractivity contribution in [2.24, 2.45) is 0 Å². The minimum absolute atomic E-state index is 0.107. The third-order valence-corrected chi connectivity index (χ3v) is 12.0. The van der Waals surface area contributed by atoms with Gasteiger partial charge >= 0.3 is 0 Å². The summed E-state index contributed by atoms with van der Waals surface area (Å²) < 4.78 is 0. The molecular formula is C53H36. The van der Waals surface area contributed by atoms with Crippen molar-refractivity contribution < 1.29 is 0 Å². The van der Waals surface area contributed by atoms with E-state index in [1.54, 1.807) is 0 Å². The van der Waals surface area contributed by atoms with Crippen molar-refractivity contribution in [2.75, 3.05) is 0 Å². The van der Waals surface area contributed by atoms with Gasteiger partial charge in [-0.1, -0.05) is 172 Å². The number of fused-ring (bicyclic) bond motifs is 12. The van der Waals surface area contributed by atoms with Crippen molar-refractivity contribution in [3.63, 3.8) is 0 Å². The normalized spacial score (nSPS) is 13.2. The molecular weight excluding hydrogens is 637 g/mol. The Morgan fingerprint density at radius 2 is 0.717 bits per heavy atom. The molecule has 53 heavy (non-hydrogen) atoms. The Morgan fingerprint density at radius 3 is 1.38 bits per heavy atom. The molecule has 1 aliphatic carbocycles. The van der Waals surface area contributed by atoms with Gasteiger partial charge in [-0.2, -0.15) is 0 Å². The van der Waals surface area contributed by atoms with Crippen molar-refractivity contribution in [1.29, 1.82) is 0 Å². The van der Waals surface area contributed by atoms with Crippen LogP contribution in [-0.4, -0.2) is 0 Å². The molecule has 11 rings (SSSR count). The highest BCUT2D eigenvalue weighted by Crippen LogP contribution is 2.51. The van der Waals surface area contributed by atoms with Crippen LogP contribution >= 0.6 is 0 Å². The molecule has 1 aliphatic rings. The van der Waals surface area contributed by atoms with Gasteiger partial charge in [-0.25, -0.2) is 0 Å². The van der Waals surface area contributed by atoms with E-state index < -0.39 is 0 Å². The zero-order chi connectivity index (χ0) is 35.3. The minimum Gasteiger partial charge on any atom is -0.0616 e. The van der Waals surface area contributed by atoms with Gasteiger partial charge in [0.05, 0.1) is 0 Å². The molecule has 10 aromatic rings. The first kappa shape index (κ1) is 30.2. The van der Waals surface area contributed by atoms with Crippen LogP contribution in [0.5, 0.6) is 0 Å². The molecule has 0 unspecified atom stereocenters. The van der Waals surface area contributed by atoms with Crippen LogP contribution in [0.3, 0.4) is 0 Å². The quantitative estimate of drug-likeness (QED) is 0.164. The van der Waals surface area contributed by atoms with E-state index in [1.165, 1.54) is 109 Å². The fourth-order valence-corrected chi connectivity index (χ4v) is 9.31. The van der Waals surface area contributed by atoms with Crippen LogP contribution in [0.4, 0.5) is 0 Å². The lowest BCUT2D eigenvalue weighted by Crippen LogP contribution is -2.15. The third kappa shape index (κ3) is 4.49. The molecule has 248 valence electrons. The van der Waals surface area contributed by atoms with Crippen LogP contribution < -0.4 is 0 Å². The highest BCUT2D eigenvalue weighted by atomic mass is 14.4. The Balaban J connectivity index is 0.992. The number of rotatable bonds is 3. The molecule has 0 fully saturated rings. The molecule has 0 radical (unpaired) electrons. The standard InChI is InChI=1S/C53H36/c1-53(2)50-30-38(25-27-44(50)45-28-26-39(31-51(45)53)37-24-21-33-11-3-4-12-36(33)29-37)34-19-22-35(23-20-34)48-32-49-42-15-6-5-13-40(42)41-14-7-9-17-46(41)52(49)47-18-10-8-16-43(47)48/h3-32H,1-2H3. The summed E-state index contributed by atoms with van der Waals surface area (Å²) in [6.07, 6.45) is 0. The first-order valence-electron chi connectivity index (χ1n) is 18.7. The minimum atomic E-state index is -0.107. The monoisotopic (exact) mass is 672 g/mol. The predicted octanol–water partition coefficient (Wildman–Crippen LogP) is 14.8. The van der Waals surface area contributed by atoms with Gasteiger partial charge in [0.15, 0.2) is 0 Å². The first-order chi connectivity index (χ1) is 26.0. The topological polar surface area (TPSA) is 0 Å². The lowest BCUT2D eigenvalue weighted by molar-refractivity contribution is 0.661. The zero-order valence-electron chi connectivity index (χ0n) is 29.8. The Labute approximate surface area is 309 Å². The summed E-state index contributed by atoms with van der Waals surface area (Å²) in [4.78, 5) is 0. The smallest absolute Gasteiger partial charge is 0.0159 e. The average Bonchev–Trinajstić information content (AvgIpc) is 3.45. The Bertz CT molecular complexity index is 3120. The molecule has 0 aromatic heterocycles. The Morgan fingerprint density at radius 1 is 0.283 bits per heavy atom. The lowest BCUT2D eigenvalue weighted by Gasteiger charge is -2.23. The fraction of sp³-hybridized carbons (Fsp3) is 0.0566.